The second kappa shape index (κ2) is 9.16. The van der Waals surface area contributed by atoms with Gasteiger partial charge in [0.2, 0.25) is 5.91 Å². The topological polar surface area (TPSA) is 108 Å². The van der Waals surface area contributed by atoms with Gasteiger partial charge in [0, 0.05) is 17.8 Å². The first kappa shape index (κ1) is 22.3. The van der Waals surface area contributed by atoms with E-state index in [4.69, 9.17) is 9.47 Å². The number of nitrogens with one attached hydrogen (secondary N) is 1. The Balaban J connectivity index is 1.90. The van der Waals surface area contributed by atoms with Crippen molar-refractivity contribution in [2.24, 2.45) is 0 Å². The zero-order valence-electron chi connectivity index (χ0n) is 17.8. The van der Waals surface area contributed by atoms with Crippen molar-refractivity contribution >= 4 is 23.3 Å². The summed E-state index contributed by atoms with van der Waals surface area (Å²) in [6.07, 6.45) is 2.94. The second-order valence-electron chi connectivity index (χ2n) is 7.92. The fourth-order valence-electron chi connectivity index (χ4n) is 4.01. The number of benzene rings is 2. The Bertz CT molecular complexity index is 978. The van der Waals surface area contributed by atoms with E-state index in [9.17, 15) is 19.7 Å². The smallest absolute Gasteiger partial charge is 0.341 e. The first-order valence-electron chi connectivity index (χ1n) is 10.2. The van der Waals surface area contributed by atoms with Gasteiger partial charge in [0.15, 0.2) is 0 Å². The van der Waals surface area contributed by atoms with E-state index < -0.39 is 16.3 Å². The largest absolute Gasteiger partial charge is 0.490 e. The van der Waals surface area contributed by atoms with Crippen LogP contribution in [0.4, 0.5) is 11.4 Å². The number of esters is 1. The summed E-state index contributed by atoms with van der Waals surface area (Å²) in [5, 5.41) is 13.9. The van der Waals surface area contributed by atoms with E-state index in [-0.39, 0.29) is 23.3 Å². The minimum atomic E-state index is -0.770. The van der Waals surface area contributed by atoms with E-state index in [1.54, 1.807) is 30.3 Å². The molecule has 1 fully saturated rings. The molecular formula is C23H26N2O6. The molecule has 0 radical (unpaired) electrons. The lowest BCUT2D eigenvalue weighted by atomic mass is 9.78. The van der Waals surface area contributed by atoms with Crippen molar-refractivity contribution in [3.63, 3.8) is 0 Å². The number of anilines is 1. The van der Waals surface area contributed by atoms with E-state index in [0.717, 1.165) is 18.4 Å². The Hall–Kier alpha value is -3.42. The van der Waals surface area contributed by atoms with Crippen LogP contribution in [0, 0.1) is 10.1 Å². The molecule has 3 rings (SSSR count). The van der Waals surface area contributed by atoms with E-state index in [1.165, 1.54) is 19.2 Å². The summed E-state index contributed by atoms with van der Waals surface area (Å²) in [4.78, 5) is 36.1. The Labute approximate surface area is 180 Å². The quantitative estimate of drug-likeness (QED) is 0.393. The first-order valence-corrected chi connectivity index (χ1v) is 10.2. The van der Waals surface area contributed by atoms with Crippen LogP contribution >= 0.6 is 0 Å². The minimum Gasteiger partial charge on any atom is -0.490 e. The van der Waals surface area contributed by atoms with Crippen molar-refractivity contribution in [3.8, 4) is 5.75 Å². The number of nitro groups is 1. The molecule has 0 aliphatic heterocycles. The molecule has 1 aliphatic rings. The van der Waals surface area contributed by atoms with Crippen molar-refractivity contribution in [3.05, 3.63) is 63.7 Å². The van der Waals surface area contributed by atoms with Crippen LogP contribution < -0.4 is 10.1 Å². The van der Waals surface area contributed by atoms with Gasteiger partial charge in [-0.1, -0.05) is 25.0 Å². The molecule has 1 N–H and O–H groups in total. The van der Waals surface area contributed by atoms with Gasteiger partial charge in [0.05, 0.1) is 23.6 Å². The molecule has 0 saturated heterocycles. The zero-order valence-corrected chi connectivity index (χ0v) is 17.8. The van der Waals surface area contributed by atoms with E-state index in [0.29, 0.717) is 24.3 Å². The number of carbonyl (C=O) groups is 2. The van der Waals surface area contributed by atoms with E-state index in [2.05, 4.69) is 5.32 Å². The summed E-state index contributed by atoms with van der Waals surface area (Å²) in [6.45, 7) is 3.70. The van der Waals surface area contributed by atoms with Crippen LogP contribution in [-0.2, 0) is 14.9 Å². The maximum absolute atomic E-state index is 13.4. The molecule has 1 aliphatic carbocycles. The molecule has 0 bridgehead atoms. The molecule has 0 heterocycles. The Morgan fingerprint density at radius 1 is 1.10 bits per heavy atom. The van der Waals surface area contributed by atoms with Gasteiger partial charge in [-0.25, -0.2) is 4.79 Å². The Morgan fingerprint density at radius 2 is 1.74 bits per heavy atom. The number of nitrogens with zero attached hydrogens (tertiary/aromatic N) is 1. The number of non-ortho nitro benzene ring substituents is 1. The highest BCUT2D eigenvalue weighted by Gasteiger charge is 2.43. The van der Waals surface area contributed by atoms with Crippen LogP contribution in [-0.4, -0.2) is 30.0 Å². The Morgan fingerprint density at radius 3 is 2.29 bits per heavy atom. The van der Waals surface area contributed by atoms with Crippen LogP contribution in [0.1, 0.15) is 55.5 Å². The maximum Gasteiger partial charge on any atom is 0.341 e. The molecule has 2 aromatic carbocycles. The minimum absolute atomic E-state index is 0.0132. The lowest BCUT2D eigenvalue weighted by Crippen LogP contribution is -2.38. The second-order valence-corrected chi connectivity index (χ2v) is 7.92. The highest BCUT2D eigenvalue weighted by atomic mass is 16.6. The molecule has 164 valence electrons. The van der Waals surface area contributed by atoms with Crippen LogP contribution in [0.25, 0.3) is 0 Å². The third-order valence-corrected chi connectivity index (χ3v) is 5.53. The number of hydrogen-bond donors (Lipinski definition) is 1. The van der Waals surface area contributed by atoms with Crippen molar-refractivity contribution in [2.45, 2.75) is 51.0 Å². The number of rotatable bonds is 7. The summed E-state index contributed by atoms with van der Waals surface area (Å²) in [6, 6.07) is 11.0. The molecule has 8 heteroatoms. The van der Waals surface area contributed by atoms with E-state index >= 15 is 0 Å². The summed E-state index contributed by atoms with van der Waals surface area (Å²) < 4.78 is 10.5. The fraction of sp³-hybridized carbons (Fsp3) is 0.391. The van der Waals surface area contributed by atoms with Gasteiger partial charge >= 0.3 is 5.97 Å². The summed E-state index contributed by atoms with van der Waals surface area (Å²) in [5.41, 5.74) is 0.648. The third-order valence-electron chi connectivity index (χ3n) is 5.53. The molecule has 0 unspecified atom stereocenters. The molecule has 31 heavy (non-hydrogen) atoms. The fourth-order valence-corrected chi connectivity index (χ4v) is 4.01. The summed E-state index contributed by atoms with van der Waals surface area (Å²) in [5.74, 6) is -0.379. The monoisotopic (exact) mass is 426 g/mol. The molecule has 1 amide bonds. The molecule has 0 aromatic heterocycles. The first-order chi connectivity index (χ1) is 14.8. The number of carbonyl (C=O) groups excluding carboxylic acids is 2. The standard InChI is InChI=1S/C23H26N2O6/c1-15(2)31-20-11-8-17(14-19(20)21(26)30-3)24-22(27)23(12-4-5-13-23)16-6-9-18(10-7-16)25(28)29/h6-11,14-15H,4-5,12-13H2,1-3H3,(H,24,27). The van der Waals surface area contributed by atoms with Gasteiger partial charge in [0.1, 0.15) is 11.3 Å². The van der Waals surface area contributed by atoms with Gasteiger partial charge < -0.3 is 14.8 Å². The molecule has 2 aromatic rings. The van der Waals surface area contributed by atoms with Crippen LogP contribution in [0.15, 0.2) is 42.5 Å². The Kier molecular flexibility index (Phi) is 6.58. The highest BCUT2D eigenvalue weighted by molar-refractivity contribution is 6.01. The highest BCUT2D eigenvalue weighted by Crippen LogP contribution is 2.42. The van der Waals surface area contributed by atoms with Gasteiger partial charge in [-0.05, 0) is 50.5 Å². The third kappa shape index (κ3) is 4.68. The van der Waals surface area contributed by atoms with Gasteiger partial charge in [0.25, 0.3) is 5.69 Å². The van der Waals surface area contributed by atoms with Gasteiger partial charge in [-0.15, -0.1) is 0 Å². The molecule has 0 atom stereocenters. The van der Waals surface area contributed by atoms with Crippen LogP contribution in [0.5, 0.6) is 5.75 Å². The predicted octanol–water partition coefficient (Wildman–Crippen LogP) is 4.62. The lowest BCUT2D eigenvalue weighted by molar-refractivity contribution is -0.384. The zero-order chi connectivity index (χ0) is 22.6. The lowest BCUT2D eigenvalue weighted by Gasteiger charge is -2.28. The SMILES string of the molecule is COC(=O)c1cc(NC(=O)C2(c3ccc([N+](=O)[O-])cc3)CCCC2)ccc1OC(C)C. The number of ether oxygens (including phenoxy) is 2. The number of hydrogen-bond acceptors (Lipinski definition) is 6. The molecular weight excluding hydrogens is 400 g/mol. The average Bonchev–Trinajstić information content (AvgIpc) is 3.25. The van der Waals surface area contributed by atoms with E-state index in [1.807, 2.05) is 13.8 Å². The summed E-state index contributed by atoms with van der Waals surface area (Å²) >= 11 is 0. The normalized spacial score (nSPS) is 14.8. The number of nitro benzene ring substituents is 1. The maximum atomic E-state index is 13.4. The predicted molar refractivity (Wildman–Crippen MR) is 115 cm³/mol. The molecule has 8 nitrogen and oxygen atoms in total. The molecule has 1 saturated carbocycles. The van der Waals surface area contributed by atoms with Crippen molar-refractivity contribution in [1.29, 1.82) is 0 Å². The van der Waals surface area contributed by atoms with Gasteiger partial charge in [-0.3, -0.25) is 14.9 Å². The van der Waals surface area contributed by atoms with Crippen LogP contribution in [0.2, 0.25) is 0 Å². The average molecular weight is 426 g/mol. The van der Waals surface area contributed by atoms with Crippen molar-refractivity contribution < 1.29 is 24.0 Å². The molecule has 0 spiro atoms. The van der Waals surface area contributed by atoms with Crippen molar-refractivity contribution in [2.75, 3.05) is 12.4 Å². The number of methoxy groups -OCH3 is 1. The summed E-state index contributed by atoms with van der Waals surface area (Å²) in [7, 11) is 1.29. The number of amides is 1. The van der Waals surface area contributed by atoms with Gasteiger partial charge in [-0.2, -0.15) is 0 Å². The van der Waals surface area contributed by atoms with Crippen LogP contribution in [0.3, 0.4) is 0 Å². The van der Waals surface area contributed by atoms with Crippen molar-refractivity contribution in [1.82, 2.24) is 0 Å².